The van der Waals surface area contributed by atoms with Crippen molar-refractivity contribution in [1.29, 1.82) is 0 Å². The molecule has 1 rings (SSSR count). The molecule has 0 aliphatic rings. The largest absolute Gasteiger partial charge is 0.409 e. The van der Waals surface area contributed by atoms with Crippen LogP contribution < -0.4 is 16.4 Å². The third-order valence-electron chi connectivity index (χ3n) is 2.48. The van der Waals surface area contributed by atoms with Gasteiger partial charge in [0.05, 0.1) is 16.8 Å². The van der Waals surface area contributed by atoms with Gasteiger partial charge in [0.2, 0.25) is 0 Å². The van der Waals surface area contributed by atoms with E-state index in [4.69, 9.17) is 22.5 Å². The molecule has 0 radical (unpaired) electrons. The molecule has 1 aromatic rings. The first kappa shape index (κ1) is 15.1. The summed E-state index contributed by atoms with van der Waals surface area (Å²) in [7, 11) is 0. The van der Waals surface area contributed by atoms with E-state index in [1.165, 1.54) is 0 Å². The van der Waals surface area contributed by atoms with E-state index in [1.54, 1.807) is 24.3 Å². The summed E-state index contributed by atoms with van der Waals surface area (Å²) in [5.74, 6) is -0.0313. The maximum Gasteiger partial charge on any atom is 0.319 e. The molecule has 7 heteroatoms. The van der Waals surface area contributed by atoms with Crippen molar-refractivity contribution in [3.63, 3.8) is 0 Å². The van der Waals surface area contributed by atoms with Gasteiger partial charge < -0.3 is 21.6 Å². The van der Waals surface area contributed by atoms with Gasteiger partial charge in [0.1, 0.15) is 0 Å². The molecule has 0 saturated heterocycles. The van der Waals surface area contributed by atoms with Crippen molar-refractivity contribution in [3.05, 3.63) is 29.3 Å². The van der Waals surface area contributed by atoms with Crippen molar-refractivity contribution in [2.45, 2.75) is 25.8 Å². The van der Waals surface area contributed by atoms with Crippen molar-refractivity contribution >= 4 is 29.2 Å². The molecular weight excluding hydrogens is 268 g/mol. The molecule has 0 heterocycles. The predicted octanol–water partition coefficient (Wildman–Crippen LogP) is 2.38. The van der Waals surface area contributed by atoms with Gasteiger partial charge >= 0.3 is 6.03 Å². The van der Waals surface area contributed by atoms with Crippen LogP contribution in [-0.4, -0.2) is 23.1 Å². The zero-order valence-electron chi connectivity index (χ0n) is 10.6. The highest BCUT2D eigenvalue weighted by Gasteiger charge is 2.16. The molecule has 2 amide bonds. The second-order valence-electron chi connectivity index (χ2n) is 3.94. The Kier molecular flexibility index (Phi) is 5.95. The number of amides is 2. The number of oxime groups is 1. The number of urea groups is 1. The Morgan fingerprint density at radius 1 is 1.53 bits per heavy atom. The van der Waals surface area contributed by atoms with Crippen LogP contribution in [0.15, 0.2) is 29.4 Å². The number of hydrogen-bond acceptors (Lipinski definition) is 3. The minimum absolute atomic E-state index is 0.0313. The Labute approximate surface area is 116 Å². The lowest BCUT2D eigenvalue weighted by molar-refractivity contribution is 0.250. The molecule has 0 aliphatic heterocycles. The molecule has 1 atom stereocenters. The molecule has 0 aromatic heterocycles. The Bertz CT molecular complexity index is 465. The first-order valence-electron chi connectivity index (χ1n) is 5.88. The highest BCUT2D eigenvalue weighted by Crippen LogP contribution is 2.20. The Balaban J connectivity index is 2.65. The van der Waals surface area contributed by atoms with Gasteiger partial charge in [0.15, 0.2) is 5.84 Å². The van der Waals surface area contributed by atoms with Crippen molar-refractivity contribution < 1.29 is 10.0 Å². The number of carbonyl (C=O) groups is 1. The number of amidine groups is 1. The van der Waals surface area contributed by atoms with E-state index >= 15 is 0 Å². The van der Waals surface area contributed by atoms with Gasteiger partial charge in [-0.05, 0) is 18.6 Å². The lowest BCUT2D eigenvalue weighted by atomic mass is 10.1. The fraction of sp³-hybridized carbons (Fsp3) is 0.333. The summed E-state index contributed by atoms with van der Waals surface area (Å²) in [6, 6.07) is 5.90. The van der Waals surface area contributed by atoms with Crippen molar-refractivity contribution in [3.8, 4) is 0 Å². The summed E-state index contributed by atoms with van der Waals surface area (Å²) in [5, 5.41) is 17.2. The van der Waals surface area contributed by atoms with Crippen LogP contribution in [0.25, 0.3) is 0 Å². The van der Waals surface area contributed by atoms with Crippen LogP contribution in [0.1, 0.15) is 19.8 Å². The van der Waals surface area contributed by atoms with E-state index in [0.29, 0.717) is 17.1 Å². The smallest absolute Gasteiger partial charge is 0.319 e. The van der Waals surface area contributed by atoms with Crippen LogP contribution in [0, 0.1) is 0 Å². The Hall–Kier alpha value is -1.95. The standard InChI is InChI=1S/C12H17ClN4O2/c1-2-5-10(11(14)17-19)16-12(18)15-9-7-4-3-6-8(9)13/h3-4,6-7,10,19H,2,5H2,1H3,(H2,14,17)(H2,15,16,18). The van der Waals surface area contributed by atoms with Crippen LogP contribution >= 0.6 is 11.6 Å². The normalized spacial score (nSPS) is 12.8. The lowest BCUT2D eigenvalue weighted by Crippen LogP contribution is -2.46. The van der Waals surface area contributed by atoms with Gasteiger partial charge in [-0.2, -0.15) is 0 Å². The van der Waals surface area contributed by atoms with E-state index in [0.717, 1.165) is 6.42 Å². The average molecular weight is 285 g/mol. The molecule has 0 aliphatic carbocycles. The third-order valence-corrected chi connectivity index (χ3v) is 2.81. The fourth-order valence-corrected chi connectivity index (χ4v) is 1.71. The van der Waals surface area contributed by atoms with Crippen molar-refractivity contribution in [1.82, 2.24) is 5.32 Å². The second-order valence-corrected chi connectivity index (χ2v) is 4.35. The molecule has 5 N–H and O–H groups in total. The molecule has 0 saturated carbocycles. The van der Waals surface area contributed by atoms with E-state index in [9.17, 15) is 4.79 Å². The van der Waals surface area contributed by atoms with Crippen LogP contribution in [0.3, 0.4) is 0 Å². The SMILES string of the molecule is CCCC(NC(=O)Nc1ccccc1Cl)/C(N)=N/O. The van der Waals surface area contributed by atoms with Crippen molar-refractivity contribution in [2.24, 2.45) is 10.9 Å². The Morgan fingerprint density at radius 3 is 2.79 bits per heavy atom. The van der Waals surface area contributed by atoms with Crippen LogP contribution in [-0.2, 0) is 0 Å². The number of nitrogens with one attached hydrogen (secondary N) is 2. The van der Waals surface area contributed by atoms with Gasteiger partial charge in [0.25, 0.3) is 0 Å². The maximum absolute atomic E-state index is 11.8. The number of carbonyl (C=O) groups excluding carboxylic acids is 1. The van der Waals surface area contributed by atoms with Gasteiger partial charge in [-0.3, -0.25) is 0 Å². The molecule has 0 bridgehead atoms. The van der Waals surface area contributed by atoms with E-state index < -0.39 is 12.1 Å². The lowest BCUT2D eigenvalue weighted by Gasteiger charge is -2.17. The Morgan fingerprint density at radius 2 is 2.21 bits per heavy atom. The fourth-order valence-electron chi connectivity index (χ4n) is 1.53. The number of para-hydroxylation sites is 1. The topological polar surface area (TPSA) is 99.7 Å². The highest BCUT2D eigenvalue weighted by molar-refractivity contribution is 6.33. The van der Waals surface area contributed by atoms with E-state index in [-0.39, 0.29) is 5.84 Å². The first-order valence-corrected chi connectivity index (χ1v) is 6.25. The van der Waals surface area contributed by atoms with Crippen LogP contribution in [0.4, 0.5) is 10.5 Å². The van der Waals surface area contributed by atoms with Gasteiger partial charge in [-0.25, -0.2) is 4.79 Å². The van der Waals surface area contributed by atoms with Gasteiger partial charge in [-0.1, -0.05) is 42.2 Å². The summed E-state index contributed by atoms with van der Waals surface area (Å²) in [4.78, 5) is 11.8. The summed E-state index contributed by atoms with van der Waals surface area (Å²) in [6.07, 6.45) is 1.36. The zero-order valence-corrected chi connectivity index (χ0v) is 11.3. The quantitative estimate of drug-likeness (QED) is 0.289. The molecule has 1 aromatic carbocycles. The average Bonchev–Trinajstić information content (AvgIpc) is 2.40. The third kappa shape index (κ3) is 4.67. The molecule has 6 nitrogen and oxygen atoms in total. The minimum Gasteiger partial charge on any atom is -0.409 e. The second kappa shape index (κ2) is 7.48. The van der Waals surface area contributed by atoms with Gasteiger partial charge in [0, 0.05) is 0 Å². The number of rotatable bonds is 5. The van der Waals surface area contributed by atoms with Crippen LogP contribution in [0.2, 0.25) is 5.02 Å². The molecule has 0 spiro atoms. The first-order chi connectivity index (χ1) is 9.08. The summed E-state index contributed by atoms with van der Waals surface area (Å²) in [5.41, 5.74) is 6.00. The molecule has 19 heavy (non-hydrogen) atoms. The number of nitrogens with two attached hydrogens (primary N) is 1. The molecule has 104 valence electrons. The molecular formula is C12H17ClN4O2. The summed E-state index contributed by atoms with van der Waals surface area (Å²) in [6.45, 7) is 1.94. The summed E-state index contributed by atoms with van der Waals surface area (Å²) >= 11 is 5.92. The predicted molar refractivity (Wildman–Crippen MR) is 75.7 cm³/mol. The minimum atomic E-state index is -0.516. The maximum atomic E-state index is 11.8. The van der Waals surface area contributed by atoms with E-state index in [2.05, 4.69) is 15.8 Å². The number of benzene rings is 1. The number of anilines is 1. The molecule has 1 unspecified atom stereocenters. The zero-order chi connectivity index (χ0) is 14.3. The number of nitrogens with zero attached hydrogens (tertiary/aromatic N) is 1. The van der Waals surface area contributed by atoms with Crippen LogP contribution in [0.5, 0.6) is 0 Å². The van der Waals surface area contributed by atoms with E-state index in [1.807, 2.05) is 6.92 Å². The summed E-state index contributed by atoms with van der Waals surface area (Å²) < 4.78 is 0. The van der Waals surface area contributed by atoms with Crippen molar-refractivity contribution in [2.75, 3.05) is 5.32 Å². The molecule has 0 fully saturated rings. The highest BCUT2D eigenvalue weighted by atomic mass is 35.5. The number of halogens is 1. The van der Waals surface area contributed by atoms with Gasteiger partial charge in [-0.15, -0.1) is 0 Å². The number of hydrogen-bond donors (Lipinski definition) is 4. The monoisotopic (exact) mass is 284 g/mol.